The molecule has 2 aliphatic rings. The summed E-state index contributed by atoms with van der Waals surface area (Å²) in [6.07, 6.45) is 19.7. The van der Waals surface area contributed by atoms with Gasteiger partial charge in [0.2, 0.25) is 11.8 Å². The zero-order valence-corrected chi connectivity index (χ0v) is 43.3. The second kappa shape index (κ2) is 31.6. The molecule has 2 atom stereocenters. The zero-order chi connectivity index (χ0) is 50.1. The summed E-state index contributed by atoms with van der Waals surface area (Å²) in [5.41, 5.74) is 2.36. The molecule has 2 aliphatic heterocycles. The lowest BCUT2D eigenvalue weighted by Gasteiger charge is -2.34. The van der Waals surface area contributed by atoms with Crippen molar-refractivity contribution in [2.24, 2.45) is 0 Å². The summed E-state index contributed by atoms with van der Waals surface area (Å²) in [5.74, 6) is -1.30. The summed E-state index contributed by atoms with van der Waals surface area (Å²) in [4.78, 5) is 83.5. The number of aliphatic carboxylic acids is 1. The Kier molecular flexibility index (Phi) is 25.8. The van der Waals surface area contributed by atoms with E-state index >= 15 is 0 Å². The first kappa shape index (κ1) is 57.9. The number of piperazine rings is 2. The number of nitrogens with one attached hydrogen (secondary N) is 2. The highest BCUT2D eigenvalue weighted by molar-refractivity contribution is 8.13. The summed E-state index contributed by atoms with van der Waals surface area (Å²) < 4.78 is 3.18. The van der Waals surface area contributed by atoms with E-state index in [0.29, 0.717) is 43.7 Å². The second-order valence-corrected chi connectivity index (χ2v) is 19.1. The van der Waals surface area contributed by atoms with Crippen LogP contribution in [0, 0.1) is 12.4 Å². The number of rotatable bonds is 25. The molecule has 0 saturated carbocycles. The lowest BCUT2D eigenvalue weighted by atomic mass is 10.1. The van der Waals surface area contributed by atoms with Crippen molar-refractivity contribution < 1.29 is 46.3 Å². The maximum absolute atomic E-state index is 13.4. The summed E-state index contributed by atoms with van der Waals surface area (Å²) in [7, 11) is 4.02. The third-order valence-corrected chi connectivity index (χ3v) is 13.5. The van der Waals surface area contributed by atoms with E-state index < -0.39 is 24.0 Å². The highest BCUT2D eigenvalue weighted by Crippen LogP contribution is 2.18. The Morgan fingerprint density at radius 2 is 0.972 bits per heavy atom. The van der Waals surface area contributed by atoms with Crippen LogP contribution in [0.5, 0.6) is 0 Å². The van der Waals surface area contributed by atoms with E-state index in [1.165, 1.54) is 63.1 Å². The lowest BCUT2D eigenvalue weighted by Crippen LogP contribution is -2.54. The van der Waals surface area contributed by atoms with Crippen LogP contribution in [-0.4, -0.2) is 174 Å². The molecule has 4 heterocycles. The molecular weight excluding hydrogens is 948 g/mol. The first-order chi connectivity index (χ1) is 33.9. The average Bonchev–Trinajstić information content (AvgIpc) is 4.13. The highest BCUT2D eigenvalue weighted by Gasteiger charge is 2.30. The number of carboxylic acids is 1. The van der Waals surface area contributed by atoms with E-state index in [1.807, 2.05) is 14.1 Å². The minimum absolute atomic E-state index is 0. The second-order valence-electron chi connectivity index (χ2n) is 18.0. The van der Waals surface area contributed by atoms with Gasteiger partial charge in [-0.05, 0) is 81.9 Å². The Morgan fingerprint density at radius 3 is 1.35 bits per heavy atom. The van der Waals surface area contributed by atoms with Gasteiger partial charge < -0.3 is 35.3 Å². The number of thioether (sulfide) groups is 1. The van der Waals surface area contributed by atoms with Gasteiger partial charge in [0.1, 0.15) is 12.1 Å². The average molecular weight is 1020 g/mol. The molecule has 4 aromatic rings. The summed E-state index contributed by atoms with van der Waals surface area (Å²) in [5, 5.41) is 30.1. The van der Waals surface area contributed by atoms with Crippen molar-refractivity contribution in [1.82, 2.24) is 60.2 Å². The molecule has 0 unspecified atom stereocenters. The molecule has 0 bridgehead atoms. The smallest absolute Gasteiger partial charge is 0.303 e. The van der Waals surface area contributed by atoms with Gasteiger partial charge in [0.25, 0.3) is 11.8 Å². The van der Waals surface area contributed by atoms with Crippen LogP contribution in [-0.2, 0) is 19.2 Å². The molecule has 388 valence electrons. The maximum atomic E-state index is 13.4. The van der Waals surface area contributed by atoms with Crippen molar-refractivity contribution in [3.05, 3.63) is 84.4 Å². The number of aromatic nitrogens is 6. The number of likely N-dealkylation sites (N-methyl/N-ethyl adjacent to an activating group) is 2. The molecule has 0 spiro atoms. The molecule has 2 aromatic heterocycles. The quantitative estimate of drug-likeness (QED) is 0.0775. The van der Waals surface area contributed by atoms with Crippen LogP contribution in [0.3, 0.4) is 0 Å². The van der Waals surface area contributed by atoms with Gasteiger partial charge in [0.05, 0.1) is 48.6 Å². The largest absolute Gasteiger partial charge is 0.481 e. The Hall–Kier alpha value is -5.70. The van der Waals surface area contributed by atoms with Gasteiger partial charge in [-0.3, -0.25) is 28.8 Å². The van der Waals surface area contributed by atoms with Crippen LogP contribution in [0.2, 0.25) is 0 Å². The molecule has 0 aliphatic carbocycles. The summed E-state index contributed by atoms with van der Waals surface area (Å²) in [6.45, 7) is 7.68. The molecule has 3 N–H and O–H groups in total. The van der Waals surface area contributed by atoms with Gasteiger partial charge in [-0.15, -0.1) is 10.2 Å². The first-order valence-corrected chi connectivity index (χ1v) is 25.8. The fourth-order valence-corrected chi connectivity index (χ4v) is 8.93. The number of unbranched alkanes of at least 4 members (excludes halogenated alkanes) is 9. The summed E-state index contributed by atoms with van der Waals surface area (Å²) >= 11 is 1.36. The normalized spacial score (nSPS) is 14.9. The number of carbonyl (C=O) groups excluding carboxylic acids is 5. The van der Waals surface area contributed by atoms with Crippen LogP contribution < -0.4 is 10.6 Å². The monoisotopic (exact) mass is 1020 g/mol. The highest BCUT2D eigenvalue weighted by atomic mass is 35.5. The zero-order valence-electron chi connectivity index (χ0n) is 41.6. The molecular formula is C50H74ClN12O7S+. The van der Waals surface area contributed by atoms with E-state index in [4.69, 9.17) is 5.11 Å². The minimum Gasteiger partial charge on any atom is -0.481 e. The van der Waals surface area contributed by atoms with E-state index in [-0.39, 0.29) is 54.5 Å². The molecule has 0 radical (unpaired) electrons. The van der Waals surface area contributed by atoms with Crippen LogP contribution in [0.1, 0.15) is 118 Å². The fourth-order valence-electron chi connectivity index (χ4n) is 8.09. The van der Waals surface area contributed by atoms with Crippen LogP contribution >= 0.6 is 11.8 Å². The Morgan fingerprint density at radius 1 is 0.577 bits per heavy atom. The first-order valence-electron chi connectivity index (χ1n) is 24.8. The van der Waals surface area contributed by atoms with Gasteiger partial charge in [0, 0.05) is 82.1 Å². The third kappa shape index (κ3) is 20.1. The topological polar surface area (TPSA) is 221 Å². The summed E-state index contributed by atoms with van der Waals surface area (Å²) in [6, 6.07) is 12.1. The number of halogens is 1. The number of nitrogens with zero attached hydrogens (tertiary/aromatic N) is 10. The van der Waals surface area contributed by atoms with Gasteiger partial charge in [0.15, 0.2) is 5.12 Å². The standard InChI is InChI=1S/C31H48N6O3S.C19H24N6O4.ClH2/c1-3-4-5-6-7-8-9-10-11-12-25-41-29(38)18-17-28(31(40)36-23-21-35(2)22-24-36)33-30(39)26-13-15-27(16-14-26)37-20-19-32-34-37;1-23-10-12-24(13-11-23)19(29)16(6-7-17(26)27)21-18(28)14-2-4-15(5-3-14)25-9-8-20-22-25;/h13-16,19-20,28H,3-12,17-18,21-25H2,1-2H3,(H,33,39);2-5,8-9,16H,6-7,10-13H2,1H3,(H,21,28)(H,26,27);1H2/q;;+1/t28-;16-;/m00./s1. The Balaban J connectivity index is 0.000000321. The molecule has 19 nitrogen and oxygen atoms in total. The van der Waals surface area contributed by atoms with Crippen molar-refractivity contribution in [3.63, 3.8) is 0 Å². The van der Waals surface area contributed by atoms with Crippen molar-refractivity contribution in [3.8, 4) is 11.4 Å². The number of hydrogen-bond donors (Lipinski definition) is 3. The molecule has 6 rings (SSSR count). The number of amides is 4. The van der Waals surface area contributed by atoms with E-state index in [1.54, 1.807) is 92.5 Å². The van der Waals surface area contributed by atoms with Gasteiger partial charge >= 0.3 is 5.97 Å². The fraction of sp³-hybridized carbons (Fsp3) is 0.560. The number of hydrogen-bond acceptors (Lipinski definition) is 13. The molecule has 21 heteroatoms. The number of carbonyl (C=O) groups is 6. The van der Waals surface area contributed by atoms with Crippen LogP contribution in [0.4, 0.5) is 0 Å². The number of benzene rings is 2. The molecule has 71 heavy (non-hydrogen) atoms. The SMILES string of the molecule is CCCCCCCCCCCCSC(=O)CC[C@H](NC(=O)c1ccc(-n2ccnn2)cc1)C(=O)N1CCN(C)CC1.CN1CCN(C(=O)[C@H](CCC(=O)O)NC(=O)c2ccc(-n3ccnn3)cc2)CC1.[ClH2+]. The predicted octanol–water partition coefficient (Wildman–Crippen LogP) is 4.57. The third-order valence-electron chi connectivity index (χ3n) is 12.5. The van der Waals surface area contributed by atoms with Gasteiger partial charge in [-0.2, -0.15) is 0 Å². The van der Waals surface area contributed by atoms with E-state index in [2.05, 4.69) is 48.0 Å². The lowest BCUT2D eigenvalue weighted by molar-refractivity contribution is -0.138. The van der Waals surface area contributed by atoms with Crippen molar-refractivity contribution >= 4 is 46.5 Å². The molecule has 2 aromatic carbocycles. The molecule has 2 saturated heterocycles. The maximum Gasteiger partial charge on any atom is 0.303 e. The molecule has 4 amide bonds. The van der Waals surface area contributed by atoms with Crippen LogP contribution in [0.15, 0.2) is 73.3 Å². The molecule has 2 fully saturated rings. The Bertz CT molecular complexity index is 2200. The van der Waals surface area contributed by atoms with Gasteiger partial charge in [-0.1, -0.05) is 86.9 Å². The van der Waals surface area contributed by atoms with Crippen molar-refractivity contribution in [2.45, 2.75) is 109 Å². The van der Waals surface area contributed by atoms with E-state index in [0.717, 1.165) is 56.1 Å². The van der Waals surface area contributed by atoms with Crippen LogP contribution in [0.25, 0.3) is 11.4 Å². The van der Waals surface area contributed by atoms with E-state index in [9.17, 15) is 28.8 Å². The predicted molar refractivity (Wildman–Crippen MR) is 272 cm³/mol. The van der Waals surface area contributed by atoms with Crippen molar-refractivity contribution in [1.29, 1.82) is 0 Å². The Labute approximate surface area is 428 Å². The van der Waals surface area contributed by atoms with Crippen molar-refractivity contribution in [2.75, 3.05) is 72.2 Å². The number of carboxylic acid groups (broad SMARTS) is 1. The minimum atomic E-state index is -1.01. The van der Waals surface area contributed by atoms with Gasteiger partial charge in [-0.25, -0.2) is 9.36 Å².